The largest absolute Gasteiger partial charge is 0.573 e. The minimum Gasteiger partial charge on any atom is -0.456 e. The molecule has 0 saturated heterocycles. The number of rotatable bonds is 5. The molecular weight excluding hydrogens is 403 g/mol. The Morgan fingerprint density at radius 3 is 1.77 bits per heavy atom. The van der Waals surface area contributed by atoms with E-state index in [0.717, 1.165) is 24.3 Å². The molecule has 0 fully saturated rings. The Labute approximate surface area is 168 Å². The number of hydrogen-bond acceptors (Lipinski definition) is 5. The van der Waals surface area contributed by atoms with E-state index in [-0.39, 0.29) is 11.1 Å². The lowest BCUT2D eigenvalue weighted by atomic mass is 10.2. The molecule has 0 bridgehead atoms. The fraction of sp³-hybridized carbons (Fsp3) is 0.0500. The molecule has 7 nitrogen and oxygen atoms in total. The number of amides is 2. The van der Waals surface area contributed by atoms with Crippen molar-refractivity contribution in [2.24, 2.45) is 0 Å². The van der Waals surface area contributed by atoms with E-state index in [9.17, 15) is 22.8 Å². The van der Waals surface area contributed by atoms with E-state index in [1.807, 2.05) is 0 Å². The molecular formula is C20H14F3N3O4. The van der Waals surface area contributed by atoms with Gasteiger partial charge in [-0.25, -0.2) is 0 Å². The molecule has 3 aromatic rings. The van der Waals surface area contributed by atoms with E-state index in [0.29, 0.717) is 11.5 Å². The highest BCUT2D eigenvalue weighted by Gasteiger charge is 2.31. The molecule has 2 aromatic carbocycles. The summed E-state index contributed by atoms with van der Waals surface area (Å²) in [6.07, 6.45) is -1.67. The summed E-state index contributed by atoms with van der Waals surface area (Å²) in [6.45, 7) is 0. The number of ether oxygens (including phenoxy) is 2. The number of carbonyl (C=O) groups is 2. The first-order valence-corrected chi connectivity index (χ1v) is 8.44. The third-order valence-electron chi connectivity index (χ3n) is 3.63. The SMILES string of the molecule is O=C(NNC(=O)c1ccc(OC(F)(F)F)cc1)c1ccc(Oc2cccnc2)cc1. The van der Waals surface area contributed by atoms with E-state index in [1.165, 1.54) is 18.3 Å². The van der Waals surface area contributed by atoms with E-state index in [1.54, 1.807) is 30.5 Å². The van der Waals surface area contributed by atoms with Crippen molar-refractivity contribution < 1.29 is 32.2 Å². The van der Waals surface area contributed by atoms with Crippen LogP contribution in [0.3, 0.4) is 0 Å². The Bertz CT molecular complexity index is 1010. The van der Waals surface area contributed by atoms with E-state index >= 15 is 0 Å². The molecule has 0 atom stereocenters. The number of hydrogen-bond donors (Lipinski definition) is 2. The number of nitrogens with zero attached hydrogens (tertiary/aromatic N) is 1. The summed E-state index contributed by atoms with van der Waals surface area (Å²) in [4.78, 5) is 28.1. The van der Waals surface area contributed by atoms with Crippen molar-refractivity contribution in [2.75, 3.05) is 0 Å². The van der Waals surface area contributed by atoms with Gasteiger partial charge in [-0.15, -0.1) is 13.2 Å². The molecule has 0 aliphatic carbocycles. The second-order valence-corrected chi connectivity index (χ2v) is 5.80. The van der Waals surface area contributed by atoms with Crippen molar-refractivity contribution in [1.82, 2.24) is 15.8 Å². The van der Waals surface area contributed by atoms with Gasteiger partial charge in [0.25, 0.3) is 11.8 Å². The Hall–Kier alpha value is -4.08. The third kappa shape index (κ3) is 5.96. The average Bonchev–Trinajstić information content (AvgIpc) is 2.72. The van der Waals surface area contributed by atoms with Crippen molar-refractivity contribution in [3.8, 4) is 17.2 Å². The molecule has 0 spiro atoms. The van der Waals surface area contributed by atoms with Crippen LogP contribution >= 0.6 is 0 Å². The molecule has 0 saturated carbocycles. The Balaban J connectivity index is 1.53. The number of alkyl halides is 3. The predicted octanol–water partition coefficient (Wildman–Crippen LogP) is 3.85. The number of hydrazine groups is 1. The van der Waals surface area contributed by atoms with Gasteiger partial charge in [0.05, 0.1) is 6.20 Å². The lowest BCUT2D eigenvalue weighted by molar-refractivity contribution is -0.274. The van der Waals surface area contributed by atoms with Crippen molar-refractivity contribution in [2.45, 2.75) is 6.36 Å². The van der Waals surface area contributed by atoms with Crippen LogP contribution in [0.5, 0.6) is 17.2 Å². The van der Waals surface area contributed by atoms with Gasteiger partial charge in [-0.1, -0.05) is 0 Å². The van der Waals surface area contributed by atoms with Crippen LogP contribution in [0.4, 0.5) is 13.2 Å². The van der Waals surface area contributed by atoms with Gasteiger partial charge in [0.2, 0.25) is 0 Å². The number of pyridine rings is 1. The zero-order valence-corrected chi connectivity index (χ0v) is 15.1. The number of benzene rings is 2. The maximum atomic E-state index is 12.1. The van der Waals surface area contributed by atoms with Crippen molar-refractivity contribution in [3.63, 3.8) is 0 Å². The Kier molecular flexibility index (Phi) is 6.16. The molecule has 3 rings (SSSR count). The van der Waals surface area contributed by atoms with Gasteiger partial charge in [0.1, 0.15) is 17.2 Å². The van der Waals surface area contributed by atoms with Crippen LogP contribution < -0.4 is 20.3 Å². The molecule has 0 unspecified atom stereocenters. The minimum absolute atomic E-state index is 0.0324. The average molecular weight is 417 g/mol. The normalized spacial score (nSPS) is 10.8. The zero-order valence-electron chi connectivity index (χ0n) is 15.1. The quantitative estimate of drug-likeness (QED) is 0.616. The minimum atomic E-state index is -4.82. The first-order valence-electron chi connectivity index (χ1n) is 8.44. The molecule has 0 radical (unpaired) electrons. The highest BCUT2D eigenvalue weighted by Crippen LogP contribution is 2.23. The van der Waals surface area contributed by atoms with E-state index in [4.69, 9.17) is 4.74 Å². The van der Waals surface area contributed by atoms with Gasteiger partial charge in [-0.05, 0) is 60.7 Å². The molecule has 2 amide bonds. The monoisotopic (exact) mass is 417 g/mol. The maximum Gasteiger partial charge on any atom is 0.573 e. The van der Waals surface area contributed by atoms with E-state index in [2.05, 4.69) is 20.6 Å². The number of carbonyl (C=O) groups excluding carboxylic acids is 2. The summed E-state index contributed by atoms with van der Waals surface area (Å²) in [6, 6.07) is 13.8. The van der Waals surface area contributed by atoms with Gasteiger partial charge in [0, 0.05) is 17.3 Å². The highest BCUT2D eigenvalue weighted by molar-refractivity contribution is 5.99. The summed E-state index contributed by atoms with van der Waals surface area (Å²) >= 11 is 0. The van der Waals surface area contributed by atoms with Crippen LogP contribution in [-0.4, -0.2) is 23.2 Å². The van der Waals surface area contributed by atoms with Crippen LogP contribution in [0.25, 0.3) is 0 Å². The maximum absolute atomic E-state index is 12.1. The standard InChI is InChI=1S/C20H14F3N3O4/c21-20(22,23)30-16-9-5-14(6-10-16)19(28)26-25-18(27)13-3-7-15(8-4-13)29-17-2-1-11-24-12-17/h1-12H,(H,25,27)(H,26,28). The second kappa shape index (κ2) is 8.95. The molecule has 1 aromatic heterocycles. The topological polar surface area (TPSA) is 89.6 Å². The van der Waals surface area contributed by atoms with Crippen LogP contribution in [0.2, 0.25) is 0 Å². The van der Waals surface area contributed by atoms with Crippen molar-refractivity contribution in [3.05, 3.63) is 84.2 Å². The fourth-order valence-corrected chi connectivity index (χ4v) is 2.28. The molecule has 154 valence electrons. The van der Waals surface area contributed by atoms with Gasteiger partial charge in [-0.2, -0.15) is 0 Å². The summed E-state index contributed by atoms with van der Waals surface area (Å²) in [7, 11) is 0. The fourth-order valence-electron chi connectivity index (χ4n) is 2.28. The predicted molar refractivity (Wildman–Crippen MR) is 98.8 cm³/mol. The summed E-state index contributed by atoms with van der Waals surface area (Å²) in [5.74, 6) is -0.734. The number of aromatic nitrogens is 1. The van der Waals surface area contributed by atoms with Crippen LogP contribution in [-0.2, 0) is 0 Å². The molecule has 30 heavy (non-hydrogen) atoms. The van der Waals surface area contributed by atoms with Crippen LogP contribution in [0, 0.1) is 0 Å². The first-order chi connectivity index (χ1) is 14.3. The molecule has 2 N–H and O–H groups in total. The van der Waals surface area contributed by atoms with Gasteiger partial charge < -0.3 is 9.47 Å². The summed E-state index contributed by atoms with van der Waals surface area (Å²) < 4.78 is 45.7. The van der Waals surface area contributed by atoms with Crippen LogP contribution in [0.15, 0.2) is 73.1 Å². The highest BCUT2D eigenvalue weighted by atomic mass is 19.4. The number of nitrogens with one attached hydrogen (secondary N) is 2. The molecule has 10 heteroatoms. The lowest BCUT2D eigenvalue weighted by Crippen LogP contribution is -2.41. The second-order valence-electron chi connectivity index (χ2n) is 5.80. The number of halogens is 3. The first kappa shape index (κ1) is 20.6. The summed E-state index contributed by atoms with van der Waals surface area (Å²) in [5, 5.41) is 0. The van der Waals surface area contributed by atoms with E-state index < -0.39 is 23.9 Å². The molecule has 1 heterocycles. The van der Waals surface area contributed by atoms with Crippen molar-refractivity contribution in [1.29, 1.82) is 0 Å². The molecule has 0 aliphatic heterocycles. The lowest BCUT2D eigenvalue weighted by Gasteiger charge is -2.10. The summed E-state index contributed by atoms with van der Waals surface area (Å²) in [5.41, 5.74) is 4.68. The third-order valence-corrected chi connectivity index (χ3v) is 3.63. The van der Waals surface area contributed by atoms with Gasteiger partial charge in [-0.3, -0.25) is 25.4 Å². The van der Waals surface area contributed by atoms with Crippen molar-refractivity contribution >= 4 is 11.8 Å². The zero-order chi connectivity index (χ0) is 21.6. The van der Waals surface area contributed by atoms with Gasteiger partial charge in [0.15, 0.2) is 0 Å². The Morgan fingerprint density at radius 1 is 0.767 bits per heavy atom. The van der Waals surface area contributed by atoms with Crippen LogP contribution in [0.1, 0.15) is 20.7 Å². The Morgan fingerprint density at radius 2 is 1.30 bits per heavy atom. The smallest absolute Gasteiger partial charge is 0.456 e. The molecule has 0 aliphatic rings. The van der Waals surface area contributed by atoms with Gasteiger partial charge >= 0.3 is 6.36 Å².